The van der Waals surface area contributed by atoms with Crippen LogP contribution < -0.4 is 0 Å². The molecule has 0 bridgehead atoms. The van der Waals surface area contributed by atoms with Gasteiger partial charge in [0.15, 0.2) is 0 Å². The van der Waals surface area contributed by atoms with Crippen molar-refractivity contribution in [3.63, 3.8) is 0 Å². The van der Waals surface area contributed by atoms with Crippen LogP contribution >= 0.6 is 0 Å². The number of halogens is 1. The van der Waals surface area contributed by atoms with Crippen molar-refractivity contribution in [2.24, 2.45) is 5.41 Å². The first kappa shape index (κ1) is 17.2. The number of carboxylic acid groups (broad SMARTS) is 1. The number of nitrogens with zero attached hydrogens (tertiary/aromatic N) is 2. The lowest BCUT2D eigenvalue weighted by molar-refractivity contribution is -0.147. The fourth-order valence-electron chi connectivity index (χ4n) is 2.69. The summed E-state index contributed by atoms with van der Waals surface area (Å²) in [5.74, 6) is -2.06. The van der Waals surface area contributed by atoms with Crippen LogP contribution in [0, 0.1) is 11.2 Å². The Bertz CT molecular complexity index is 612. The summed E-state index contributed by atoms with van der Waals surface area (Å²) in [5.41, 5.74) is -1.42. The van der Waals surface area contributed by atoms with E-state index in [9.17, 15) is 19.1 Å². The molecule has 1 aromatic heterocycles. The minimum atomic E-state index is -1.21. The normalized spacial score (nSPS) is 24.6. The van der Waals surface area contributed by atoms with E-state index in [0.29, 0.717) is 5.69 Å². The van der Waals surface area contributed by atoms with Crippen molar-refractivity contribution >= 4 is 12.1 Å². The molecule has 1 fully saturated rings. The molecule has 2 heterocycles. The second-order valence-corrected chi connectivity index (χ2v) is 7.04. The number of aliphatic carboxylic acids is 1. The van der Waals surface area contributed by atoms with E-state index < -0.39 is 34.8 Å². The van der Waals surface area contributed by atoms with Gasteiger partial charge in [-0.3, -0.25) is 9.78 Å². The summed E-state index contributed by atoms with van der Waals surface area (Å²) < 4.78 is 18.4. The summed E-state index contributed by atoms with van der Waals surface area (Å²) in [6.07, 6.45) is 0.489. The molecule has 7 heteroatoms. The van der Waals surface area contributed by atoms with Gasteiger partial charge in [-0.05, 0) is 39.8 Å². The van der Waals surface area contributed by atoms with Crippen LogP contribution in [0.25, 0.3) is 0 Å². The predicted molar refractivity (Wildman–Crippen MR) is 80.5 cm³/mol. The highest BCUT2D eigenvalue weighted by Crippen LogP contribution is 2.42. The summed E-state index contributed by atoms with van der Waals surface area (Å²) in [7, 11) is 0. The van der Waals surface area contributed by atoms with Gasteiger partial charge in [0, 0.05) is 24.7 Å². The zero-order valence-electron chi connectivity index (χ0n) is 13.7. The lowest BCUT2D eigenvalue weighted by Crippen LogP contribution is -2.38. The second kappa shape index (κ2) is 5.79. The highest BCUT2D eigenvalue weighted by Gasteiger charge is 2.52. The number of hydrogen-bond acceptors (Lipinski definition) is 4. The summed E-state index contributed by atoms with van der Waals surface area (Å²) in [5, 5.41) is 9.61. The lowest BCUT2D eigenvalue weighted by atomic mass is 9.78. The molecule has 2 rings (SSSR count). The highest BCUT2D eigenvalue weighted by molar-refractivity contribution is 5.79. The first-order chi connectivity index (χ1) is 10.5. The van der Waals surface area contributed by atoms with E-state index in [0.717, 1.165) is 6.20 Å². The fraction of sp³-hybridized carbons (Fsp3) is 0.562. The number of hydrogen-bond donors (Lipinski definition) is 1. The van der Waals surface area contributed by atoms with Crippen molar-refractivity contribution in [2.45, 2.75) is 39.2 Å². The number of carboxylic acids is 1. The van der Waals surface area contributed by atoms with Crippen molar-refractivity contribution in [3.05, 3.63) is 29.8 Å². The first-order valence-corrected chi connectivity index (χ1v) is 7.36. The van der Waals surface area contributed by atoms with Crippen molar-refractivity contribution < 1.29 is 23.8 Å². The Hall–Kier alpha value is -2.18. The van der Waals surface area contributed by atoms with Gasteiger partial charge in [0.1, 0.15) is 11.4 Å². The number of aromatic nitrogens is 1. The largest absolute Gasteiger partial charge is 0.481 e. The molecule has 1 aromatic rings. The molecule has 1 aliphatic rings. The van der Waals surface area contributed by atoms with Crippen molar-refractivity contribution in [1.82, 2.24) is 9.88 Å². The molecule has 0 aromatic carbocycles. The minimum Gasteiger partial charge on any atom is -0.481 e. The molecule has 0 unspecified atom stereocenters. The van der Waals surface area contributed by atoms with Crippen LogP contribution in [-0.2, 0) is 9.53 Å². The van der Waals surface area contributed by atoms with Gasteiger partial charge in [-0.1, -0.05) is 0 Å². The third-order valence-electron chi connectivity index (χ3n) is 3.94. The first-order valence-electron chi connectivity index (χ1n) is 7.36. The van der Waals surface area contributed by atoms with Gasteiger partial charge in [0.2, 0.25) is 0 Å². The molecule has 0 aliphatic carbocycles. The molecule has 126 valence electrons. The van der Waals surface area contributed by atoms with Gasteiger partial charge in [-0.2, -0.15) is 0 Å². The Labute approximate surface area is 134 Å². The summed E-state index contributed by atoms with van der Waals surface area (Å²) in [6, 6.07) is 2.69. The van der Waals surface area contributed by atoms with Crippen molar-refractivity contribution in [3.8, 4) is 0 Å². The molecule has 23 heavy (non-hydrogen) atoms. The zero-order valence-corrected chi connectivity index (χ0v) is 13.7. The molecule has 0 radical (unpaired) electrons. The lowest BCUT2D eigenvalue weighted by Gasteiger charge is -2.25. The predicted octanol–water partition coefficient (Wildman–Crippen LogP) is 2.65. The Morgan fingerprint density at radius 2 is 2.09 bits per heavy atom. The number of carbonyl (C=O) groups is 2. The van der Waals surface area contributed by atoms with E-state index >= 15 is 0 Å². The molecule has 0 saturated carbocycles. The third-order valence-corrected chi connectivity index (χ3v) is 3.94. The summed E-state index contributed by atoms with van der Waals surface area (Å²) in [4.78, 5) is 29.3. The van der Waals surface area contributed by atoms with E-state index in [-0.39, 0.29) is 13.1 Å². The maximum absolute atomic E-state index is 13.1. The molecule has 1 saturated heterocycles. The quantitative estimate of drug-likeness (QED) is 0.904. The van der Waals surface area contributed by atoms with Crippen molar-refractivity contribution in [2.75, 3.05) is 13.1 Å². The van der Waals surface area contributed by atoms with Crippen LogP contribution in [0.4, 0.5) is 9.18 Å². The molecule has 1 amide bonds. The average Bonchev–Trinajstić information content (AvgIpc) is 2.77. The third kappa shape index (κ3) is 3.60. The van der Waals surface area contributed by atoms with Crippen LogP contribution in [0.3, 0.4) is 0 Å². The van der Waals surface area contributed by atoms with Gasteiger partial charge in [-0.15, -0.1) is 0 Å². The zero-order chi connectivity index (χ0) is 17.4. The Kier molecular flexibility index (Phi) is 4.32. The average molecular weight is 324 g/mol. The van der Waals surface area contributed by atoms with Crippen LogP contribution in [-0.4, -0.2) is 45.7 Å². The molecule has 2 atom stereocenters. The van der Waals surface area contributed by atoms with Crippen molar-refractivity contribution in [1.29, 1.82) is 0 Å². The van der Waals surface area contributed by atoms with Gasteiger partial charge in [-0.25, -0.2) is 9.18 Å². The van der Waals surface area contributed by atoms with Gasteiger partial charge >= 0.3 is 12.1 Å². The molecule has 1 aliphatic heterocycles. The Balaban J connectivity index is 2.28. The monoisotopic (exact) mass is 324 g/mol. The Morgan fingerprint density at radius 3 is 2.57 bits per heavy atom. The number of likely N-dealkylation sites (tertiary alicyclic amines) is 1. The maximum Gasteiger partial charge on any atom is 0.410 e. The molecular formula is C16H21FN2O4. The minimum absolute atomic E-state index is 0.0149. The van der Waals surface area contributed by atoms with E-state index in [1.807, 2.05) is 0 Å². The molecule has 1 N–H and O–H groups in total. The topological polar surface area (TPSA) is 79.7 Å². The smallest absolute Gasteiger partial charge is 0.410 e. The number of pyridine rings is 1. The van der Waals surface area contributed by atoms with Gasteiger partial charge in [0.25, 0.3) is 0 Å². The van der Waals surface area contributed by atoms with Crippen LogP contribution in [0.5, 0.6) is 0 Å². The number of amides is 1. The van der Waals surface area contributed by atoms with E-state index in [4.69, 9.17) is 4.74 Å². The highest BCUT2D eigenvalue weighted by atomic mass is 19.1. The number of ether oxygens (including phenoxy) is 1. The molecular weight excluding hydrogens is 303 g/mol. The Morgan fingerprint density at radius 1 is 1.43 bits per heavy atom. The summed E-state index contributed by atoms with van der Waals surface area (Å²) in [6.45, 7) is 6.98. The number of rotatable bonds is 2. The second-order valence-electron chi connectivity index (χ2n) is 7.04. The van der Waals surface area contributed by atoms with Gasteiger partial charge < -0.3 is 14.7 Å². The van der Waals surface area contributed by atoms with E-state index in [2.05, 4.69) is 4.98 Å². The standard InChI is InChI=1S/C16H21FN2O4/c1-15(2,3)23-14(22)19-8-11(16(4,9-19)13(20)21)12-6-5-10(17)7-18-12/h5-7,11H,8-9H2,1-4H3,(H,20,21)/t11-,16+/m0/s1. The SMILES string of the molecule is CC(C)(C)OC(=O)N1C[C@@H](c2ccc(F)cn2)[C@](C)(C(=O)O)C1. The van der Waals surface area contributed by atoms with Crippen LogP contribution in [0.2, 0.25) is 0 Å². The number of carbonyl (C=O) groups excluding carboxylic acids is 1. The van der Waals surface area contributed by atoms with E-state index in [1.54, 1.807) is 27.7 Å². The van der Waals surface area contributed by atoms with Crippen LogP contribution in [0.1, 0.15) is 39.3 Å². The summed E-state index contributed by atoms with van der Waals surface area (Å²) >= 11 is 0. The van der Waals surface area contributed by atoms with Crippen LogP contribution in [0.15, 0.2) is 18.3 Å². The molecule has 6 nitrogen and oxygen atoms in total. The van der Waals surface area contributed by atoms with Gasteiger partial charge in [0.05, 0.1) is 11.6 Å². The fourth-order valence-corrected chi connectivity index (χ4v) is 2.69. The van der Waals surface area contributed by atoms with E-state index in [1.165, 1.54) is 17.0 Å². The maximum atomic E-state index is 13.1. The molecule has 0 spiro atoms.